The van der Waals surface area contributed by atoms with Crippen LogP contribution in [-0.4, -0.2) is 150 Å². The summed E-state index contributed by atoms with van der Waals surface area (Å²) in [4.78, 5) is 35.2. The molecular weight excluding hydrogens is 608 g/mol. The van der Waals surface area contributed by atoms with E-state index in [0.717, 1.165) is 58.0 Å². The van der Waals surface area contributed by atoms with E-state index in [1.165, 1.54) is 0 Å². The molecule has 0 heterocycles. The number of hydrogen-bond donors (Lipinski definition) is 8. The average molecular weight is 679 g/mol. The Bertz CT molecular complexity index is 710. The van der Waals surface area contributed by atoms with Crippen molar-refractivity contribution < 1.29 is 33.3 Å². The van der Waals surface area contributed by atoms with Gasteiger partial charge < -0.3 is 61.9 Å². The highest BCUT2D eigenvalue weighted by Gasteiger charge is 2.15. The van der Waals surface area contributed by atoms with Crippen molar-refractivity contribution in [2.45, 2.75) is 70.4 Å². The zero-order chi connectivity index (χ0) is 35.2. The number of nitrogens with one attached hydrogen (secondary N) is 7. The van der Waals surface area contributed by atoms with E-state index in [0.29, 0.717) is 85.5 Å². The predicted octanol–water partition coefficient (Wildman–Crippen LogP) is -0.898. The zero-order valence-corrected chi connectivity index (χ0v) is 30.1. The molecule has 2 atom stereocenters. The second-order valence-corrected chi connectivity index (χ2v) is 10.8. The summed E-state index contributed by atoms with van der Waals surface area (Å²) in [5.41, 5.74) is 5.29. The standard InChI is InChI=1S/C18H38N4O4.C14H32N4O3/c1-4-7-17(23)21-10-12-25-14-15-26-13-11-22-18(24)16(20-3)8-5-6-9-19-2;1-16-7-4-3-5-13(17-2)14(19)18-8-10-21-12-11-20-9-6-15/h16,19-20H,4-15H2,1-3H3,(H,21,23)(H,22,24);13,16-17H,3-12,15H2,1-2H3,(H,18,19). The van der Waals surface area contributed by atoms with Crippen molar-refractivity contribution in [1.82, 2.24) is 37.2 Å². The van der Waals surface area contributed by atoms with Crippen LogP contribution in [0.5, 0.6) is 0 Å². The van der Waals surface area contributed by atoms with Crippen molar-refractivity contribution in [3.8, 4) is 0 Å². The maximum absolute atomic E-state index is 12.0. The van der Waals surface area contributed by atoms with Crippen LogP contribution in [-0.2, 0) is 33.3 Å². The van der Waals surface area contributed by atoms with Gasteiger partial charge in [0.15, 0.2) is 0 Å². The molecule has 0 fully saturated rings. The summed E-state index contributed by atoms with van der Waals surface area (Å²) in [6, 6.07) is -0.284. The van der Waals surface area contributed by atoms with E-state index in [9.17, 15) is 14.4 Å². The molecule has 0 spiro atoms. The molecule has 0 rings (SSSR count). The first-order valence-corrected chi connectivity index (χ1v) is 17.4. The number of unbranched alkanes of at least 4 members (excludes halogenated alkanes) is 2. The normalized spacial score (nSPS) is 12.1. The Hall–Kier alpha value is -1.95. The van der Waals surface area contributed by atoms with E-state index in [2.05, 4.69) is 37.2 Å². The minimum atomic E-state index is -0.155. The molecule has 0 aliphatic rings. The van der Waals surface area contributed by atoms with Crippen LogP contribution in [0.1, 0.15) is 58.3 Å². The van der Waals surface area contributed by atoms with E-state index in [1.54, 1.807) is 7.05 Å². The molecule has 0 radical (unpaired) electrons. The van der Waals surface area contributed by atoms with Crippen molar-refractivity contribution in [3.05, 3.63) is 0 Å². The Balaban J connectivity index is 0. The van der Waals surface area contributed by atoms with Crippen LogP contribution < -0.4 is 43.0 Å². The Morgan fingerprint density at radius 2 is 0.957 bits per heavy atom. The van der Waals surface area contributed by atoms with Crippen LogP contribution in [0, 0.1) is 0 Å². The molecule has 0 bridgehead atoms. The smallest absolute Gasteiger partial charge is 0.237 e. The lowest BCUT2D eigenvalue weighted by molar-refractivity contribution is -0.124. The van der Waals surface area contributed by atoms with Crippen molar-refractivity contribution in [2.75, 3.05) is 120 Å². The van der Waals surface area contributed by atoms with Crippen molar-refractivity contribution in [2.24, 2.45) is 5.73 Å². The first-order chi connectivity index (χ1) is 22.9. The van der Waals surface area contributed by atoms with Gasteiger partial charge in [-0.15, -0.1) is 0 Å². The summed E-state index contributed by atoms with van der Waals surface area (Å²) >= 11 is 0. The molecule has 0 saturated heterocycles. The van der Waals surface area contributed by atoms with Gasteiger partial charge >= 0.3 is 0 Å². The summed E-state index contributed by atoms with van der Waals surface area (Å²) in [5.74, 6) is 0.106. The quantitative estimate of drug-likeness (QED) is 0.0399. The number of amides is 3. The van der Waals surface area contributed by atoms with Crippen LogP contribution in [0.15, 0.2) is 0 Å². The third-order valence-electron chi connectivity index (χ3n) is 6.81. The minimum Gasteiger partial charge on any atom is -0.378 e. The molecule has 0 aliphatic heterocycles. The third-order valence-corrected chi connectivity index (χ3v) is 6.81. The average Bonchev–Trinajstić information content (AvgIpc) is 3.07. The largest absolute Gasteiger partial charge is 0.378 e. The van der Waals surface area contributed by atoms with E-state index in [-0.39, 0.29) is 29.8 Å². The lowest BCUT2D eigenvalue weighted by atomic mass is 10.1. The van der Waals surface area contributed by atoms with Crippen LogP contribution in [0.25, 0.3) is 0 Å². The number of ether oxygens (including phenoxy) is 4. The summed E-state index contributed by atoms with van der Waals surface area (Å²) < 4.78 is 21.3. The highest BCUT2D eigenvalue weighted by atomic mass is 16.5. The minimum absolute atomic E-state index is 0.0135. The highest BCUT2D eigenvalue weighted by Crippen LogP contribution is 2.01. The van der Waals surface area contributed by atoms with E-state index in [1.807, 2.05) is 28.1 Å². The number of hydrogen-bond acceptors (Lipinski definition) is 12. The monoisotopic (exact) mass is 679 g/mol. The van der Waals surface area contributed by atoms with Crippen molar-refractivity contribution in [3.63, 3.8) is 0 Å². The molecule has 0 aliphatic carbocycles. The second-order valence-electron chi connectivity index (χ2n) is 10.8. The molecule has 0 aromatic carbocycles. The molecule has 15 nitrogen and oxygen atoms in total. The fraction of sp³-hybridized carbons (Fsp3) is 0.906. The fourth-order valence-electron chi connectivity index (χ4n) is 4.16. The third kappa shape index (κ3) is 33.7. The summed E-state index contributed by atoms with van der Waals surface area (Å²) in [6.07, 6.45) is 7.25. The van der Waals surface area contributed by atoms with E-state index in [4.69, 9.17) is 24.7 Å². The number of likely N-dealkylation sites (N-methyl/N-ethyl adjacent to an activating group) is 2. The van der Waals surface area contributed by atoms with Crippen LogP contribution in [0.2, 0.25) is 0 Å². The molecule has 9 N–H and O–H groups in total. The van der Waals surface area contributed by atoms with E-state index < -0.39 is 0 Å². The maximum Gasteiger partial charge on any atom is 0.237 e. The SMILES string of the molecule is CCCC(=O)NCCOCCOCCNC(=O)C(CCCCNC)NC.CNCCCCC(NC)C(=O)NCCOCCOCCN. The number of rotatable bonds is 33. The van der Waals surface area contributed by atoms with Crippen molar-refractivity contribution >= 4 is 17.7 Å². The van der Waals surface area contributed by atoms with Gasteiger partial charge in [-0.2, -0.15) is 0 Å². The van der Waals surface area contributed by atoms with Crippen LogP contribution in [0.4, 0.5) is 0 Å². The first-order valence-electron chi connectivity index (χ1n) is 17.4. The van der Waals surface area contributed by atoms with Gasteiger partial charge in [-0.1, -0.05) is 19.8 Å². The molecule has 280 valence electrons. The topological polar surface area (TPSA) is 198 Å². The Labute approximate surface area is 284 Å². The van der Waals surface area contributed by atoms with Gasteiger partial charge in [-0.25, -0.2) is 0 Å². The maximum atomic E-state index is 12.0. The molecule has 0 aromatic heterocycles. The van der Waals surface area contributed by atoms with E-state index >= 15 is 0 Å². The lowest BCUT2D eigenvalue weighted by Crippen LogP contribution is -2.43. The van der Waals surface area contributed by atoms with Gasteiger partial charge in [-0.05, 0) is 73.4 Å². The molecule has 0 saturated carbocycles. The Morgan fingerprint density at radius 3 is 1.32 bits per heavy atom. The van der Waals surface area contributed by atoms with Gasteiger partial charge in [0.05, 0.1) is 64.9 Å². The van der Waals surface area contributed by atoms with Gasteiger partial charge in [0.25, 0.3) is 0 Å². The van der Waals surface area contributed by atoms with Crippen molar-refractivity contribution in [1.29, 1.82) is 0 Å². The Morgan fingerprint density at radius 1 is 0.553 bits per heavy atom. The molecule has 2 unspecified atom stereocenters. The lowest BCUT2D eigenvalue weighted by Gasteiger charge is -2.16. The predicted molar refractivity (Wildman–Crippen MR) is 188 cm³/mol. The van der Waals surface area contributed by atoms with Gasteiger partial charge in [0.1, 0.15) is 0 Å². The summed E-state index contributed by atoms with van der Waals surface area (Å²) in [7, 11) is 7.48. The molecule has 47 heavy (non-hydrogen) atoms. The summed E-state index contributed by atoms with van der Waals surface area (Å²) in [5, 5.41) is 20.8. The molecule has 15 heteroatoms. The van der Waals surface area contributed by atoms with Gasteiger partial charge in [-0.3, -0.25) is 14.4 Å². The van der Waals surface area contributed by atoms with Gasteiger partial charge in [0, 0.05) is 32.6 Å². The molecule has 0 aromatic rings. The zero-order valence-electron chi connectivity index (χ0n) is 30.1. The number of nitrogens with two attached hydrogens (primary N) is 1. The fourth-order valence-corrected chi connectivity index (χ4v) is 4.16. The van der Waals surface area contributed by atoms with Crippen LogP contribution >= 0.6 is 0 Å². The van der Waals surface area contributed by atoms with Gasteiger partial charge in [0.2, 0.25) is 17.7 Å². The number of carbonyl (C=O) groups excluding carboxylic acids is 3. The van der Waals surface area contributed by atoms with Crippen LogP contribution in [0.3, 0.4) is 0 Å². The first kappa shape index (κ1) is 47.2. The second kappa shape index (κ2) is 38.5. The molecular formula is C32H70N8O7. The Kier molecular flexibility index (Phi) is 38.6. The summed E-state index contributed by atoms with van der Waals surface area (Å²) in [6.45, 7) is 9.97. The highest BCUT2D eigenvalue weighted by molar-refractivity contribution is 5.82. The number of carbonyl (C=O) groups is 3. The molecule has 3 amide bonds.